The summed E-state index contributed by atoms with van der Waals surface area (Å²) in [5.41, 5.74) is 7.85. The highest BCUT2D eigenvalue weighted by molar-refractivity contribution is 5.19. The Morgan fingerprint density at radius 2 is 2.31 bits per heavy atom. The Hall–Kier alpha value is -0.970. The van der Waals surface area contributed by atoms with Gasteiger partial charge in [0.15, 0.2) is 0 Å². The molecular weight excluding hydrogens is 202 g/mol. The highest BCUT2D eigenvalue weighted by Gasteiger charge is 2.04. The Balaban J connectivity index is 2.45. The molecule has 0 fully saturated rings. The fourth-order valence-electron chi connectivity index (χ4n) is 1.65. The number of methoxy groups -OCH3 is 1. The summed E-state index contributed by atoms with van der Waals surface area (Å²) in [4.78, 5) is 6.53. The standard InChI is InChI=1S/C12H21N3O/c1-15(7-4-8-16-2)10-11-5-3-6-14-12(11)9-13/h3,5-6H,4,7-10,13H2,1-2H3. The van der Waals surface area contributed by atoms with Crippen molar-refractivity contribution in [1.29, 1.82) is 0 Å². The van der Waals surface area contributed by atoms with E-state index < -0.39 is 0 Å². The van der Waals surface area contributed by atoms with E-state index in [-0.39, 0.29) is 0 Å². The fourth-order valence-corrected chi connectivity index (χ4v) is 1.65. The van der Waals surface area contributed by atoms with Gasteiger partial charge >= 0.3 is 0 Å². The summed E-state index contributed by atoms with van der Waals surface area (Å²) in [6.07, 6.45) is 2.84. The zero-order valence-corrected chi connectivity index (χ0v) is 10.1. The Kier molecular flexibility index (Phi) is 6.00. The normalized spacial score (nSPS) is 11.0. The van der Waals surface area contributed by atoms with Crippen LogP contribution < -0.4 is 5.73 Å². The molecular formula is C12H21N3O. The van der Waals surface area contributed by atoms with E-state index in [0.29, 0.717) is 6.54 Å². The van der Waals surface area contributed by atoms with Gasteiger partial charge in [0, 0.05) is 39.5 Å². The molecule has 1 heterocycles. The second kappa shape index (κ2) is 7.33. The van der Waals surface area contributed by atoms with E-state index in [2.05, 4.69) is 23.0 Å². The number of ether oxygens (including phenoxy) is 1. The van der Waals surface area contributed by atoms with Gasteiger partial charge in [-0.1, -0.05) is 6.07 Å². The summed E-state index contributed by atoms with van der Waals surface area (Å²) in [6, 6.07) is 4.04. The van der Waals surface area contributed by atoms with Crippen molar-refractivity contribution in [3.8, 4) is 0 Å². The molecule has 0 saturated carbocycles. The lowest BCUT2D eigenvalue weighted by molar-refractivity contribution is 0.178. The lowest BCUT2D eigenvalue weighted by Crippen LogP contribution is -2.21. The molecule has 0 aliphatic heterocycles. The van der Waals surface area contributed by atoms with E-state index in [9.17, 15) is 0 Å². The lowest BCUT2D eigenvalue weighted by atomic mass is 10.2. The van der Waals surface area contributed by atoms with Crippen molar-refractivity contribution in [3.05, 3.63) is 29.6 Å². The van der Waals surface area contributed by atoms with Crippen LogP contribution in [0.1, 0.15) is 17.7 Å². The van der Waals surface area contributed by atoms with Crippen LogP contribution in [0.5, 0.6) is 0 Å². The molecule has 90 valence electrons. The minimum atomic E-state index is 0.502. The maximum absolute atomic E-state index is 5.65. The summed E-state index contributed by atoms with van der Waals surface area (Å²) < 4.78 is 5.03. The predicted molar refractivity (Wildman–Crippen MR) is 65.0 cm³/mol. The van der Waals surface area contributed by atoms with Gasteiger partial charge in [0.1, 0.15) is 0 Å². The van der Waals surface area contributed by atoms with E-state index in [1.54, 1.807) is 13.3 Å². The van der Waals surface area contributed by atoms with E-state index in [4.69, 9.17) is 10.5 Å². The quantitative estimate of drug-likeness (QED) is 0.701. The van der Waals surface area contributed by atoms with E-state index in [1.165, 1.54) is 5.56 Å². The van der Waals surface area contributed by atoms with Gasteiger partial charge in [0.25, 0.3) is 0 Å². The van der Waals surface area contributed by atoms with Crippen molar-refractivity contribution in [2.24, 2.45) is 5.73 Å². The summed E-state index contributed by atoms with van der Waals surface area (Å²) in [5, 5.41) is 0. The Labute approximate surface area is 97.4 Å². The van der Waals surface area contributed by atoms with Crippen LogP contribution in [0.15, 0.2) is 18.3 Å². The van der Waals surface area contributed by atoms with Crippen molar-refractivity contribution in [3.63, 3.8) is 0 Å². The van der Waals surface area contributed by atoms with Gasteiger partial charge in [-0.15, -0.1) is 0 Å². The third-order valence-corrected chi connectivity index (χ3v) is 2.51. The number of rotatable bonds is 7. The molecule has 1 aromatic heterocycles. The zero-order chi connectivity index (χ0) is 11.8. The first kappa shape index (κ1) is 13.1. The van der Waals surface area contributed by atoms with Gasteiger partial charge in [-0.25, -0.2) is 0 Å². The number of nitrogens with two attached hydrogens (primary N) is 1. The third kappa shape index (κ3) is 4.26. The average molecular weight is 223 g/mol. The highest BCUT2D eigenvalue weighted by Crippen LogP contribution is 2.07. The maximum atomic E-state index is 5.65. The molecule has 0 aliphatic rings. The van der Waals surface area contributed by atoms with Crippen LogP contribution in [-0.4, -0.2) is 37.2 Å². The molecule has 0 aliphatic carbocycles. The van der Waals surface area contributed by atoms with E-state index >= 15 is 0 Å². The van der Waals surface area contributed by atoms with Crippen molar-refractivity contribution in [1.82, 2.24) is 9.88 Å². The predicted octanol–water partition coefficient (Wildman–Crippen LogP) is 1.01. The first-order valence-electron chi connectivity index (χ1n) is 5.58. The van der Waals surface area contributed by atoms with Gasteiger partial charge in [0.2, 0.25) is 0 Å². The summed E-state index contributed by atoms with van der Waals surface area (Å²) in [6.45, 7) is 3.22. The third-order valence-electron chi connectivity index (χ3n) is 2.51. The molecule has 0 radical (unpaired) electrons. The van der Waals surface area contributed by atoms with Crippen LogP contribution in [0.4, 0.5) is 0 Å². The topological polar surface area (TPSA) is 51.4 Å². The molecule has 0 saturated heterocycles. The zero-order valence-electron chi connectivity index (χ0n) is 10.1. The van der Waals surface area contributed by atoms with Gasteiger partial charge in [-0.3, -0.25) is 4.98 Å². The maximum Gasteiger partial charge on any atom is 0.0584 e. The Morgan fingerprint density at radius 1 is 1.50 bits per heavy atom. The molecule has 0 atom stereocenters. The summed E-state index contributed by atoms with van der Waals surface area (Å²) in [5.74, 6) is 0. The number of hydrogen-bond donors (Lipinski definition) is 1. The first-order valence-corrected chi connectivity index (χ1v) is 5.58. The van der Waals surface area contributed by atoms with Crippen LogP contribution >= 0.6 is 0 Å². The minimum Gasteiger partial charge on any atom is -0.385 e. The highest BCUT2D eigenvalue weighted by atomic mass is 16.5. The molecule has 0 aromatic carbocycles. The number of pyridine rings is 1. The number of nitrogens with zero attached hydrogens (tertiary/aromatic N) is 2. The molecule has 4 nitrogen and oxygen atoms in total. The van der Waals surface area contributed by atoms with Gasteiger partial charge in [-0.05, 0) is 25.1 Å². The van der Waals surface area contributed by atoms with Crippen LogP contribution in [0.3, 0.4) is 0 Å². The molecule has 1 rings (SSSR count). The molecule has 0 spiro atoms. The van der Waals surface area contributed by atoms with E-state index in [1.807, 2.05) is 6.07 Å². The second-order valence-corrected chi connectivity index (χ2v) is 3.90. The van der Waals surface area contributed by atoms with Gasteiger partial charge in [0.05, 0.1) is 5.69 Å². The SMILES string of the molecule is COCCCN(C)Cc1cccnc1CN. The van der Waals surface area contributed by atoms with E-state index in [0.717, 1.165) is 31.8 Å². The summed E-state index contributed by atoms with van der Waals surface area (Å²) >= 11 is 0. The largest absolute Gasteiger partial charge is 0.385 e. The van der Waals surface area contributed by atoms with Crippen LogP contribution in [0.25, 0.3) is 0 Å². The van der Waals surface area contributed by atoms with Gasteiger partial charge < -0.3 is 15.4 Å². The Morgan fingerprint density at radius 3 is 3.00 bits per heavy atom. The molecule has 2 N–H and O–H groups in total. The lowest BCUT2D eigenvalue weighted by Gasteiger charge is -2.17. The average Bonchev–Trinajstić information content (AvgIpc) is 2.30. The minimum absolute atomic E-state index is 0.502. The van der Waals surface area contributed by atoms with Crippen LogP contribution in [0.2, 0.25) is 0 Å². The monoisotopic (exact) mass is 223 g/mol. The molecule has 0 bridgehead atoms. The second-order valence-electron chi connectivity index (χ2n) is 3.90. The van der Waals surface area contributed by atoms with Crippen molar-refractivity contribution >= 4 is 0 Å². The smallest absolute Gasteiger partial charge is 0.0584 e. The molecule has 0 amide bonds. The molecule has 16 heavy (non-hydrogen) atoms. The van der Waals surface area contributed by atoms with Crippen LogP contribution in [-0.2, 0) is 17.8 Å². The van der Waals surface area contributed by atoms with Gasteiger partial charge in [-0.2, -0.15) is 0 Å². The summed E-state index contributed by atoms with van der Waals surface area (Å²) in [7, 11) is 3.83. The van der Waals surface area contributed by atoms with Crippen molar-refractivity contribution in [2.45, 2.75) is 19.5 Å². The number of hydrogen-bond acceptors (Lipinski definition) is 4. The molecule has 4 heteroatoms. The van der Waals surface area contributed by atoms with Crippen molar-refractivity contribution < 1.29 is 4.74 Å². The molecule has 1 aromatic rings. The molecule has 0 unspecified atom stereocenters. The fraction of sp³-hybridized carbons (Fsp3) is 0.583. The number of aromatic nitrogens is 1. The first-order chi connectivity index (χ1) is 7.77. The Bertz CT molecular complexity index is 304. The van der Waals surface area contributed by atoms with Crippen LogP contribution in [0, 0.1) is 0 Å². The van der Waals surface area contributed by atoms with Crippen molar-refractivity contribution in [2.75, 3.05) is 27.3 Å².